The number of benzene rings is 2. The third kappa shape index (κ3) is 5.11. The van der Waals surface area contributed by atoms with Crippen molar-refractivity contribution in [3.8, 4) is 0 Å². The number of rotatable bonds is 8. The van der Waals surface area contributed by atoms with Gasteiger partial charge in [-0.2, -0.15) is 0 Å². The number of carbonyl (C=O) groups is 2. The Hall–Kier alpha value is -2.31. The van der Waals surface area contributed by atoms with Gasteiger partial charge in [0, 0.05) is 29.6 Å². The second kappa shape index (κ2) is 9.06. The third-order valence-corrected chi connectivity index (χ3v) is 4.55. The maximum atomic E-state index is 15.2. The van der Waals surface area contributed by atoms with Crippen molar-refractivity contribution in [2.24, 2.45) is 5.73 Å². The molecule has 0 unspecified atom stereocenters. The zero-order chi connectivity index (χ0) is 20.1. The summed E-state index contributed by atoms with van der Waals surface area (Å²) in [7, 11) is 0. The second-order valence-electron chi connectivity index (χ2n) is 6.36. The molecule has 2 aromatic carbocycles. The van der Waals surface area contributed by atoms with Crippen molar-refractivity contribution in [1.82, 2.24) is 5.32 Å². The van der Waals surface area contributed by atoms with Crippen LogP contribution in [0.3, 0.4) is 0 Å². The fourth-order valence-corrected chi connectivity index (χ4v) is 3.15. The Labute approximate surface area is 161 Å². The van der Waals surface area contributed by atoms with Crippen molar-refractivity contribution >= 4 is 23.3 Å². The molecule has 7 heteroatoms. The van der Waals surface area contributed by atoms with E-state index >= 15 is 4.39 Å². The van der Waals surface area contributed by atoms with E-state index in [1.54, 1.807) is 6.92 Å². The molecule has 0 heterocycles. The van der Waals surface area contributed by atoms with Gasteiger partial charge in [0.25, 0.3) is 0 Å². The number of primary amides is 1. The fourth-order valence-electron chi connectivity index (χ4n) is 2.92. The SMILES string of the molecule is CC[C@@H](N[C@@H](C)CC(N)=O)c1ccc(Cl)c(C(=O)c2ccc(F)cc2)c1F. The van der Waals surface area contributed by atoms with Crippen molar-refractivity contribution in [2.75, 3.05) is 0 Å². The lowest BCUT2D eigenvalue weighted by molar-refractivity contribution is -0.118. The summed E-state index contributed by atoms with van der Waals surface area (Å²) in [5.41, 5.74) is 5.34. The third-order valence-electron chi connectivity index (χ3n) is 4.23. The van der Waals surface area contributed by atoms with Crippen LogP contribution >= 0.6 is 11.6 Å². The molecule has 1 amide bonds. The number of carbonyl (C=O) groups excluding carboxylic acids is 2. The van der Waals surface area contributed by atoms with Crippen LogP contribution < -0.4 is 11.1 Å². The summed E-state index contributed by atoms with van der Waals surface area (Å²) < 4.78 is 28.3. The molecular formula is C20H21ClF2N2O2. The average Bonchev–Trinajstić information content (AvgIpc) is 2.60. The summed E-state index contributed by atoms with van der Waals surface area (Å²) in [4.78, 5) is 23.8. The first kappa shape index (κ1) is 21.0. The van der Waals surface area contributed by atoms with Crippen LogP contribution in [0.1, 0.15) is 54.2 Å². The lowest BCUT2D eigenvalue weighted by Crippen LogP contribution is -2.34. The van der Waals surface area contributed by atoms with Gasteiger partial charge in [-0.25, -0.2) is 8.78 Å². The van der Waals surface area contributed by atoms with Gasteiger partial charge < -0.3 is 11.1 Å². The van der Waals surface area contributed by atoms with Gasteiger partial charge in [0.05, 0.1) is 10.6 Å². The Morgan fingerprint density at radius 2 is 1.78 bits per heavy atom. The molecule has 0 spiro atoms. The van der Waals surface area contributed by atoms with Crippen molar-refractivity contribution in [3.63, 3.8) is 0 Å². The number of halogens is 3. The predicted molar refractivity (Wildman–Crippen MR) is 101 cm³/mol. The minimum atomic E-state index is -0.734. The normalized spacial score (nSPS) is 13.2. The van der Waals surface area contributed by atoms with E-state index < -0.39 is 29.4 Å². The topological polar surface area (TPSA) is 72.2 Å². The van der Waals surface area contributed by atoms with Gasteiger partial charge in [-0.15, -0.1) is 0 Å². The maximum Gasteiger partial charge on any atom is 0.218 e. The second-order valence-corrected chi connectivity index (χ2v) is 6.77. The highest BCUT2D eigenvalue weighted by molar-refractivity contribution is 6.35. The van der Waals surface area contributed by atoms with E-state index in [0.717, 1.165) is 12.1 Å². The van der Waals surface area contributed by atoms with Crippen molar-refractivity contribution in [3.05, 3.63) is 69.7 Å². The highest BCUT2D eigenvalue weighted by Crippen LogP contribution is 2.30. The Balaban J connectivity index is 2.39. The first-order valence-corrected chi connectivity index (χ1v) is 8.94. The molecule has 2 atom stereocenters. The number of nitrogens with one attached hydrogen (secondary N) is 1. The average molecular weight is 395 g/mol. The first-order chi connectivity index (χ1) is 12.7. The molecule has 2 aromatic rings. The van der Waals surface area contributed by atoms with E-state index in [4.69, 9.17) is 17.3 Å². The van der Waals surface area contributed by atoms with Gasteiger partial charge in [0.1, 0.15) is 11.6 Å². The van der Waals surface area contributed by atoms with Gasteiger partial charge in [0.15, 0.2) is 5.78 Å². The van der Waals surface area contributed by atoms with Crippen LogP contribution in [0.4, 0.5) is 8.78 Å². The highest BCUT2D eigenvalue weighted by Gasteiger charge is 2.25. The van der Waals surface area contributed by atoms with Gasteiger partial charge in [-0.3, -0.25) is 9.59 Å². The van der Waals surface area contributed by atoms with Crippen LogP contribution in [0, 0.1) is 11.6 Å². The Kier molecular flexibility index (Phi) is 7.05. The largest absolute Gasteiger partial charge is 0.370 e. The summed E-state index contributed by atoms with van der Waals surface area (Å²) in [6, 6.07) is 7.09. The number of hydrogen-bond donors (Lipinski definition) is 2. The summed E-state index contributed by atoms with van der Waals surface area (Å²) in [6.07, 6.45) is 0.624. The van der Waals surface area contributed by atoms with Crippen LogP contribution in [0.15, 0.2) is 36.4 Å². The van der Waals surface area contributed by atoms with E-state index in [-0.39, 0.29) is 34.2 Å². The fraction of sp³-hybridized carbons (Fsp3) is 0.300. The molecule has 0 aliphatic carbocycles. The van der Waals surface area contributed by atoms with E-state index in [9.17, 15) is 14.0 Å². The van der Waals surface area contributed by atoms with Gasteiger partial charge in [-0.05, 0) is 43.7 Å². The first-order valence-electron chi connectivity index (χ1n) is 8.57. The van der Waals surface area contributed by atoms with Crippen LogP contribution in [0.25, 0.3) is 0 Å². The molecule has 2 rings (SSSR count). The quantitative estimate of drug-likeness (QED) is 0.660. The molecule has 144 valence electrons. The van der Waals surface area contributed by atoms with Crippen molar-refractivity contribution < 1.29 is 18.4 Å². The number of nitrogens with two attached hydrogens (primary N) is 1. The van der Waals surface area contributed by atoms with Crippen molar-refractivity contribution in [1.29, 1.82) is 0 Å². The van der Waals surface area contributed by atoms with E-state index in [1.807, 2.05) is 6.92 Å². The molecule has 0 fully saturated rings. The molecule has 3 N–H and O–H groups in total. The Morgan fingerprint density at radius 1 is 1.15 bits per heavy atom. The predicted octanol–water partition coefficient (Wildman–Crippen LogP) is 4.15. The molecule has 0 saturated carbocycles. The van der Waals surface area contributed by atoms with Gasteiger partial charge in [0.2, 0.25) is 5.91 Å². The Bertz CT molecular complexity index is 841. The molecule has 0 aliphatic heterocycles. The molecule has 0 bridgehead atoms. The zero-order valence-electron chi connectivity index (χ0n) is 15.1. The minimum absolute atomic E-state index is 0.0226. The number of ketones is 1. The van der Waals surface area contributed by atoms with Crippen LogP contribution in [-0.4, -0.2) is 17.7 Å². The monoisotopic (exact) mass is 394 g/mol. The van der Waals surface area contributed by atoms with E-state index in [2.05, 4.69) is 5.32 Å². The molecule has 0 saturated heterocycles. The summed E-state index contributed by atoms with van der Waals surface area (Å²) in [5.74, 6) is -2.32. The summed E-state index contributed by atoms with van der Waals surface area (Å²) in [6.45, 7) is 3.62. The number of amides is 1. The van der Waals surface area contributed by atoms with Crippen LogP contribution in [0.5, 0.6) is 0 Å². The van der Waals surface area contributed by atoms with E-state index in [1.165, 1.54) is 24.3 Å². The van der Waals surface area contributed by atoms with Gasteiger partial charge in [-0.1, -0.05) is 24.6 Å². The smallest absolute Gasteiger partial charge is 0.218 e. The molecule has 0 aliphatic rings. The molecule has 0 aromatic heterocycles. The maximum absolute atomic E-state index is 15.2. The summed E-state index contributed by atoms with van der Waals surface area (Å²) >= 11 is 6.08. The highest BCUT2D eigenvalue weighted by atomic mass is 35.5. The summed E-state index contributed by atoms with van der Waals surface area (Å²) in [5, 5.41) is 3.12. The lowest BCUT2D eigenvalue weighted by atomic mass is 9.95. The molecular weight excluding hydrogens is 374 g/mol. The Morgan fingerprint density at radius 3 is 2.33 bits per heavy atom. The lowest BCUT2D eigenvalue weighted by Gasteiger charge is -2.23. The van der Waals surface area contributed by atoms with Crippen LogP contribution in [-0.2, 0) is 4.79 Å². The standard InChI is InChI=1S/C20H21ClF2N2O2/c1-3-16(25-11(2)10-17(24)26)14-8-9-15(21)18(19(14)23)20(27)12-4-6-13(22)7-5-12/h4-9,11,16,25H,3,10H2,1-2H3,(H2,24,26)/t11-,16+/m0/s1. The van der Waals surface area contributed by atoms with E-state index in [0.29, 0.717) is 6.42 Å². The number of hydrogen-bond acceptors (Lipinski definition) is 3. The molecule has 27 heavy (non-hydrogen) atoms. The van der Waals surface area contributed by atoms with Crippen molar-refractivity contribution in [2.45, 2.75) is 38.8 Å². The zero-order valence-corrected chi connectivity index (χ0v) is 15.8. The van der Waals surface area contributed by atoms with Crippen LogP contribution in [0.2, 0.25) is 5.02 Å². The van der Waals surface area contributed by atoms with Gasteiger partial charge >= 0.3 is 0 Å². The minimum Gasteiger partial charge on any atom is -0.370 e. The molecule has 0 radical (unpaired) electrons. The molecule has 4 nitrogen and oxygen atoms in total.